The quantitative estimate of drug-likeness (QED) is 0.876. The Kier molecular flexibility index (Phi) is 4.83. The minimum Gasteiger partial charge on any atom is -0.330 e. The van der Waals surface area contributed by atoms with Crippen LogP contribution in [0.15, 0.2) is 12.3 Å². The lowest BCUT2D eigenvalue weighted by molar-refractivity contribution is 0.186. The standard InChI is InChI=1S/C18H28N6O/c1-6-16(17-9-10-19-23(17)5)20-18(25)24(14-7-8-14)11-15-12(2)21-22(4)13(15)3/h9-10,14,16H,6-8,11H2,1-5H3,(H,20,25)/t16-/m1/s1. The lowest BCUT2D eigenvalue weighted by Crippen LogP contribution is -2.43. The highest BCUT2D eigenvalue weighted by Crippen LogP contribution is 2.30. The molecule has 0 aliphatic heterocycles. The second kappa shape index (κ2) is 6.90. The van der Waals surface area contributed by atoms with Gasteiger partial charge in [0.15, 0.2) is 0 Å². The molecule has 136 valence electrons. The molecule has 1 atom stereocenters. The molecule has 0 radical (unpaired) electrons. The number of hydrogen-bond donors (Lipinski definition) is 1. The Morgan fingerprint density at radius 1 is 1.36 bits per heavy atom. The summed E-state index contributed by atoms with van der Waals surface area (Å²) >= 11 is 0. The SMILES string of the molecule is CC[C@@H](NC(=O)N(Cc1c(C)nn(C)c1C)C1CC1)c1ccnn1C. The number of hydrogen-bond acceptors (Lipinski definition) is 3. The number of carbonyl (C=O) groups excluding carboxylic acids is 1. The summed E-state index contributed by atoms with van der Waals surface area (Å²) in [6.45, 7) is 6.76. The van der Waals surface area contributed by atoms with Crippen LogP contribution in [0, 0.1) is 13.8 Å². The van der Waals surface area contributed by atoms with Crippen molar-refractivity contribution >= 4 is 6.03 Å². The smallest absolute Gasteiger partial charge is 0.318 e. The number of aromatic nitrogens is 4. The number of nitrogens with zero attached hydrogens (tertiary/aromatic N) is 5. The van der Waals surface area contributed by atoms with Gasteiger partial charge in [0, 0.05) is 37.6 Å². The number of amides is 2. The average Bonchev–Trinajstić information content (AvgIpc) is 3.28. The molecule has 1 saturated carbocycles. The minimum absolute atomic E-state index is 0.00166. The highest BCUT2D eigenvalue weighted by molar-refractivity contribution is 5.75. The van der Waals surface area contributed by atoms with Crippen LogP contribution < -0.4 is 5.32 Å². The monoisotopic (exact) mass is 344 g/mol. The van der Waals surface area contributed by atoms with Crippen LogP contribution in [0.4, 0.5) is 4.79 Å². The first-order valence-electron chi connectivity index (χ1n) is 8.96. The molecular formula is C18H28N6O. The Labute approximate surface area is 149 Å². The van der Waals surface area contributed by atoms with E-state index in [4.69, 9.17) is 0 Å². The van der Waals surface area contributed by atoms with Gasteiger partial charge in [-0.3, -0.25) is 9.36 Å². The van der Waals surface area contributed by atoms with Gasteiger partial charge in [-0.15, -0.1) is 0 Å². The zero-order chi connectivity index (χ0) is 18.1. The van der Waals surface area contributed by atoms with Crippen LogP contribution in [0.5, 0.6) is 0 Å². The molecule has 1 aliphatic carbocycles. The van der Waals surface area contributed by atoms with E-state index >= 15 is 0 Å². The number of carbonyl (C=O) groups is 1. The van der Waals surface area contributed by atoms with E-state index in [1.807, 2.05) is 41.3 Å². The van der Waals surface area contributed by atoms with Gasteiger partial charge in [-0.25, -0.2) is 4.79 Å². The van der Waals surface area contributed by atoms with Crippen LogP contribution in [0.3, 0.4) is 0 Å². The van der Waals surface area contributed by atoms with E-state index in [0.717, 1.165) is 41.9 Å². The van der Waals surface area contributed by atoms with Crippen molar-refractivity contribution in [2.75, 3.05) is 0 Å². The van der Waals surface area contributed by atoms with E-state index in [1.165, 1.54) is 0 Å². The number of nitrogens with one attached hydrogen (secondary N) is 1. The normalized spacial score (nSPS) is 15.2. The first-order chi connectivity index (χ1) is 11.9. The van der Waals surface area contributed by atoms with Crippen molar-refractivity contribution in [3.05, 3.63) is 34.9 Å². The molecule has 1 aliphatic rings. The lowest BCUT2D eigenvalue weighted by atomic mass is 10.1. The van der Waals surface area contributed by atoms with E-state index in [0.29, 0.717) is 12.6 Å². The highest BCUT2D eigenvalue weighted by atomic mass is 16.2. The molecule has 7 heteroatoms. The van der Waals surface area contributed by atoms with Crippen LogP contribution in [-0.4, -0.2) is 36.5 Å². The maximum absolute atomic E-state index is 13.0. The van der Waals surface area contributed by atoms with Crippen molar-refractivity contribution in [2.45, 2.75) is 58.7 Å². The maximum Gasteiger partial charge on any atom is 0.318 e. The summed E-state index contributed by atoms with van der Waals surface area (Å²) in [7, 11) is 3.86. The summed E-state index contributed by atoms with van der Waals surface area (Å²) in [5.41, 5.74) is 4.30. The van der Waals surface area contributed by atoms with Crippen LogP contribution in [0.1, 0.15) is 54.9 Å². The summed E-state index contributed by atoms with van der Waals surface area (Å²) in [4.78, 5) is 15.0. The topological polar surface area (TPSA) is 68.0 Å². The van der Waals surface area contributed by atoms with Crippen LogP contribution in [-0.2, 0) is 20.6 Å². The number of rotatable bonds is 6. The van der Waals surface area contributed by atoms with Gasteiger partial charge in [0.1, 0.15) is 0 Å². The molecule has 3 rings (SSSR count). The fourth-order valence-corrected chi connectivity index (χ4v) is 3.31. The van der Waals surface area contributed by atoms with E-state index in [1.54, 1.807) is 6.20 Å². The third-order valence-electron chi connectivity index (χ3n) is 5.16. The first kappa shape index (κ1) is 17.5. The minimum atomic E-state index is -0.0302. The van der Waals surface area contributed by atoms with Gasteiger partial charge < -0.3 is 10.2 Å². The molecule has 2 amide bonds. The van der Waals surface area contributed by atoms with Crippen molar-refractivity contribution in [1.29, 1.82) is 0 Å². The summed E-state index contributed by atoms with van der Waals surface area (Å²) < 4.78 is 3.71. The molecule has 0 spiro atoms. The Hall–Kier alpha value is -2.31. The average molecular weight is 344 g/mol. The highest BCUT2D eigenvalue weighted by Gasteiger charge is 2.34. The lowest BCUT2D eigenvalue weighted by Gasteiger charge is -2.26. The van der Waals surface area contributed by atoms with Crippen molar-refractivity contribution in [3.8, 4) is 0 Å². The molecule has 7 nitrogen and oxygen atoms in total. The Bertz CT molecular complexity index is 758. The zero-order valence-electron chi connectivity index (χ0n) is 15.8. The Morgan fingerprint density at radius 3 is 2.56 bits per heavy atom. The molecule has 1 fully saturated rings. The largest absolute Gasteiger partial charge is 0.330 e. The number of aryl methyl sites for hydroxylation is 3. The second-order valence-electron chi connectivity index (χ2n) is 6.92. The van der Waals surface area contributed by atoms with Crippen LogP contribution >= 0.6 is 0 Å². The van der Waals surface area contributed by atoms with Crippen LogP contribution in [0.2, 0.25) is 0 Å². The van der Waals surface area contributed by atoms with Gasteiger partial charge in [-0.2, -0.15) is 10.2 Å². The predicted octanol–water partition coefficient (Wildman–Crippen LogP) is 2.60. The summed E-state index contributed by atoms with van der Waals surface area (Å²) in [6, 6.07) is 2.27. The summed E-state index contributed by atoms with van der Waals surface area (Å²) in [5.74, 6) is 0. The van der Waals surface area contributed by atoms with Gasteiger partial charge in [0.05, 0.1) is 24.0 Å². The second-order valence-corrected chi connectivity index (χ2v) is 6.92. The van der Waals surface area contributed by atoms with Crippen molar-refractivity contribution in [2.24, 2.45) is 14.1 Å². The molecule has 2 aromatic heterocycles. The van der Waals surface area contributed by atoms with E-state index in [9.17, 15) is 4.79 Å². The summed E-state index contributed by atoms with van der Waals surface area (Å²) in [6.07, 6.45) is 4.75. The van der Waals surface area contributed by atoms with Crippen molar-refractivity contribution in [3.63, 3.8) is 0 Å². The fourth-order valence-electron chi connectivity index (χ4n) is 3.31. The van der Waals surface area contributed by atoms with E-state index in [2.05, 4.69) is 29.4 Å². The van der Waals surface area contributed by atoms with Gasteiger partial charge in [0.25, 0.3) is 0 Å². The number of urea groups is 1. The first-order valence-corrected chi connectivity index (χ1v) is 8.96. The van der Waals surface area contributed by atoms with Gasteiger partial charge in [0.2, 0.25) is 0 Å². The van der Waals surface area contributed by atoms with Crippen LogP contribution in [0.25, 0.3) is 0 Å². The molecule has 0 bridgehead atoms. The van der Waals surface area contributed by atoms with Gasteiger partial charge >= 0.3 is 6.03 Å². The Morgan fingerprint density at radius 2 is 2.08 bits per heavy atom. The summed E-state index contributed by atoms with van der Waals surface area (Å²) in [5, 5.41) is 11.9. The molecule has 2 aromatic rings. The molecule has 0 aromatic carbocycles. The molecular weight excluding hydrogens is 316 g/mol. The third-order valence-corrected chi connectivity index (χ3v) is 5.16. The molecule has 0 unspecified atom stereocenters. The van der Waals surface area contributed by atoms with Gasteiger partial charge in [-0.1, -0.05) is 6.92 Å². The predicted molar refractivity (Wildman–Crippen MR) is 96.0 cm³/mol. The van der Waals surface area contributed by atoms with E-state index < -0.39 is 0 Å². The fraction of sp³-hybridized carbons (Fsp3) is 0.611. The molecule has 2 heterocycles. The molecule has 1 N–H and O–H groups in total. The van der Waals surface area contributed by atoms with Crippen molar-refractivity contribution in [1.82, 2.24) is 29.8 Å². The molecule has 0 saturated heterocycles. The maximum atomic E-state index is 13.0. The van der Waals surface area contributed by atoms with E-state index in [-0.39, 0.29) is 12.1 Å². The Balaban J connectivity index is 1.76. The zero-order valence-corrected chi connectivity index (χ0v) is 15.8. The van der Waals surface area contributed by atoms with Crippen molar-refractivity contribution < 1.29 is 4.79 Å². The van der Waals surface area contributed by atoms with Gasteiger partial charge in [-0.05, 0) is 39.2 Å². The molecule has 25 heavy (non-hydrogen) atoms. The third kappa shape index (κ3) is 3.55.